The van der Waals surface area contributed by atoms with E-state index in [-0.39, 0.29) is 0 Å². The van der Waals surface area contributed by atoms with Crippen molar-refractivity contribution in [2.24, 2.45) is 0 Å². The smallest absolute Gasteiger partial charge is 0.119 e. The molecular formula is C20H24N2O. The van der Waals surface area contributed by atoms with Crippen LogP contribution in [0.4, 0.5) is 5.69 Å². The van der Waals surface area contributed by atoms with Crippen molar-refractivity contribution in [3.8, 4) is 16.9 Å². The second kappa shape index (κ2) is 6.25. The monoisotopic (exact) mass is 308 g/mol. The third-order valence-corrected chi connectivity index (χ3v) is 5.04. The van der Waals surface area contributed by atoms with E-state index in [0.29, 0.717) is 18.6 Å². The maximum atomic E-state index is 5.57. The van der Waals surface area contributed by atoms with Crippen LogP contribution >= 0.6 is 0 Å². The van der Waals surface area contributed by atoms with E-state index < -0.39 is 0 Å². The quantitative estimate of drug-likeness (QED) is 0.898. The summed E-state index contributed by atoms with van der Waals surface area (Å²) in [5.41, 5.74) is 5.48. The fourth-order valence-corrected chi connectivity index (χ4v) is 4.00. The summed E-state index contributed by atoms with van der Waals surface area (Å²) in [7, 11) is 0. The van der Waals surface area contributed by atoms with Gasteiger partial charge in [0.15, 0.2) is 0 Å². The van der Waals surface area contributed by atoms with Gasteiger partial charge < -0.3 is 15.4 Å². The number of fused-ring (bicyclic) bond motifs is 3. The first-order chi connectivity index (χ1) is 11.4. The molecule has 2 aromatic carbocycles. The molecular weight excluding hydrogens is 284 g/mol. The number of benzene rings is 2. The van der Waals surface area contributed by atoms with Gasteiger partial charge in [0.1, 0.15) is 5.75 Å². The molecule has 2 atom stereocenters. The molecule has 2 heterocycles. The van der Waals surface area contributed by atoms with Crippen molar-refractivity contribution in [2.45, 2.75) is 31.7 Å². The molecule has 2 unspecified atom stereocenters. The van der Waals surface area contributed by atoms with Crippen LogP contribution in [0.2, 0.25) is 0 Å². The van der Waals surface area contributed by atoms with Gasteiger partial charge in [-0.25, -0.2) is 0 Å². The first-order valence-corrected chi connectivity index (χ1v) is 8.70. The van der Waals surface area contributed by atoms with Crippen LogP contribution in [0.1, 0.15) is 31.2 Å². The third kappa shape index (κ3) is 2.70. The predicted molar refractivity (Wildman–Crippen MR) is 95.3 cm³/mol. The molecule has 2 aliphatic rings. The van der Waals surface area contributed by atoms with Crippen molar-refractivity contribution < 1.29 is 4.74 Å². The Hall–Kier alpha value is -2.00. The summed E-state index contributed by atoms with van der Waals surface area (Å²) in [5.74, 6) is 1.56. The van der Waals surface area contributed by atoms with Crippen LogP contribution in [0.3, 0.4) is 0 Å². The first kappa shape index (κ1) is 14.6. The molecule has 0 aliphatic carbocycles. The SMILES string of the molecule is CCOc1ccc(-c2cccc3c2C2CCNCCC2N3)cc1. The molecule has 120 valence electrons. The van der Waals surface area contributed by atoms with E-state index in [1.165, 1.54) is 35.2 Å². The van der Waals surface area contributed by atoms with E-state index in [9.17, 15) is 0 Å². The molecule has 4 rings (SSSR count). The lowest BCUT2D eigenvalue weighted by Gasteiger charge is -2.18. The Balaban J connectivity index is 1.72. The fourth-order valence-electron chi connectivity index (χ4n) is 4.00. The Bertz CT molecular complexity index is 681. The minimum absolute atomic E-state index is 0.573. The van der Waals surface area contributed by atoms with Gasteiger partial charge in [-0.1, -0.05) is 24.3 Å². The van der Waals surface area contributed by atoms with Crippen LogP contribution in [-0.4, -0.2) is 25.7 Å². The highest BCUT2D eigenvalue weighted by molar-refractivity contribution is 5.78. The standard InChI is InChI=1S/C20H24N2O/c1-2-23-15-8-6-14(7-9-15)16-4-3-5-19-20(16)17-10-12-21-13-11-18(17)22-19/h3-9,17-18,21-22H,2,10-13H2,1H3. The topological polar surface area (TPSA) is 33.3 Å². The lowest BCUT2D eigenvalue weighted by Crippen LogP contribution is -2.21. The molecule has 3 heteroatoms. The zero-order chi connectivity index (χ0) is 15.6. The van der Waals surface area contributed by atoms with Gasteiger partial charge in [0.2, 0.25) is 0 Å². The summed E-state index contributed by atoms with van der Waals surface area (Å²) >= 11 is 0. The number of anilines is 1. The fraction of sp³-hybridized carbons (Fsp3) is 0.400. The molecule has 1 fully saturated rings. The molecule has 0 aromatic heterocycles. The highest BCUT2D eigenvalue weighted by Crippen LogP contribution is 2.45. The van der Waals surface area contributed by atoms with Crippen LogP contribution < -0.4 is 15.4 Å². The van der Waals surface area contributed by atoms with Gasteiger partial charge in [0.25, 0.3) is 0 Å². The van der Waals surface area contributed by atoms with Crippen LogP contribution in [0.5, 0.6) is 5.75 Å². The average Bonchev–Trinajstić information content (AvgIpc) is 2.78. The van der Waals surface area contributed by atoms with E-state index in [4.69, 9.17) is 4.74 Å². The van der Waals surface area contributed by atoms with Crippen LogP contribution in [0.25, 0.3) is 11.1 Å². The van der Waals surface area contributed by atoms with Gasteiger partial charge in [0.05, 0.1) is 6.61 Å². The van der Waals surface area contributed by atoms with Gasteiger partial charge >= 0.3 is 0 Å². The van der Waals surface area contributed by atoms with E-state index in [0.717, 1.165) is 18.8 Å². The van der Waals surface area contributed by atoms with Crippen molar-refractivity contribution in [1.82, 2.24) is 5.32 Å². The summed E-state index contributed by atoms with van der Waals surface area (Å²) in [6.45, 7) is 4.95. The Morgan fingerprint density at radius 1 is 1.04 bits per heavy atom. The number of rotatable bonds is 3. The minimum atomic E-state index is 0.573. The summed E-state index contributed by atoms with van der Waals surface area (Å²) < 4.78 is 5.57. The Kier molecular flexibility index (Phi) is 3.96. The molecule has 0 amide bonds. The van der Waals surface area contributed by atoms with Gasteiger partial charge in [0, 0.05) is 17.6 Å². The zero-order valence-electron chi connectivity index (χ0n) is 13.6. The van der Waals surface area contributed by atoms with Crippen molar-refractivity contribution >= 4 is 5.69 Å². The molecule has 2 N–H and O–H groups in total. The molecule has 2 aliphatic heterocycles. The number of hydrogen-bond acceptors (Lipinski definition) is 3. The number of ether oxygens (including phenoxy) is 1. The molecule has 0 spiro atoms. The van der Waals surface area contributed by atoms with Gasteiger partial charge in [-0.2, -0.15) is 0 Å². The predicted octanol–water partition coefficient (Wildman–Crippen LogP) is 4.01. The van der Waals surface area contributed by atoms with Gasteiger partial charge in [-0.05, 0) is 67.7 Å². The molecule has 1 saturated heterocycles. The van der Waals surface area contributed by atoms with Crippen molar-refractivity contribution in [3.05, 3.63) is 48.0 Å². The molecule has 23 heavy (non-hydrogen) atoms. The van der Waals surface area contributed by atoms with Crippen LogP contribution in [0.15, 0.2) is 42.5 Å². The van der Waals surface area contributed by atoms with E-state index >= 15 is 0 Å². The van der Waals surface area contributed by atoms with E-state index in [1.54, 1.807) is 0 Å². The zero-order valence-corrected chi connectivity index (χ0v) is 13.6. The Morgan fingerprint density at radius 2 is 1.87 bits per heavy atom. The lowest BCUT2D eigenvalue weighted by atomic mass is 9.86. The van der Waals surface area contributed by atoms with Crippen molar-refractivity contribution in [1.29, 1.82) is 0 Å². The number of hydrogen-bond donors (Lipinski definition) is 2. The maximum absolute atomic E-state index is 5.57. The van der Waals surface area contributed by atoms with Crippen LogP contribution in [-0.2, 0) is 0 Å². The third-order valence-electron chi connectivity index (χ3n) is 5.04. The average molecular weight is 308 g/mol. The Labute approximate surface area is 138 Å². The summed E-state index contributed by atoms with van der Waals surface area (Å²) in [6, 6.07) is 15.8. The normalized spacial score (nSPS) is 22.7. The summed E-state index contributed by atoms with van der Waals surface area (Å²) in [5, 5.41) is 7.28. The van der Waals surface area contributed by atoms with Crippen molar-refractivity contribution in [3.63, 3.8) is 0 Å². The molecule has 3 nitrogen and oxygen atoms in total. The second-order valence-electron chi connectivity index (χ2n) is 6.41. The lowest BCUT2D eigenvalue weighted by molar-refractivity contribution is 0.340. The van der Waals surface area contributed by atoms with E-state index in [2.05, 4.69) is 53.1 Å². The first-order valence-electron chi connectivity index (χ1n) is 8.70. The highest BCUT2D eigenvalue weighted by atomic mass is 16.5. The molecule has 0 radical (unpaired) electrons. The summed E-state index contributed by atoms with van der Waals surface area (Å²) in [6.07, 6.45) is 2.40. The van der Waals surface area contributed by atoms with Gasteiger partial charge in [-0.15, -0.1) is 0 Å². The summed E-state index contributed by atoms with van der Waals surface area (Å²) in [4.78, 5) is 0. The van der Waals surface area contributed by atoms with Gasteiger partial charge in [-0.3, -0.25) is 0 Å². The molecule has 0 saturated carbocycles. The maximum Gasteiger partial charge on any atom is 0.119 e. The second-order valence-corrected chi connectivity index (χ2v) is 6.41. The largest absolute Gasteiger partial charge is 0.494 e. The Morgan fingerprint density at radius 3 is 2.70 bits per heavy atom. The van der Waals surface area contributed by atoms with Crippen LogP contribution in [0, 0.1) is 0 Å². The van der Waals surface area contributed by atoms with Crippen molar-refractivity contribution in [2.75, 3.05) is 25.0 Å². The molecule has 0 bridgehead atoms. The number of nitrogens with one attached hydrogen (secondary N) is 2. The molecule has 2 aromatic rings. The highest BCUT2D eigenvalue weighted by Gasteiger charge is 2.34. The minimum Gasteiger partial charge on any atom is -0.494 e. The van der Waals surface area contributed by atoms with E-state index in [1.807, 2.05) is 6.92 Å².